The molecule has 1 N–H and O–H groups in total. The number of aryl methyl sites for hydroxylation is 1. The van der Waals surface area contributed by atoms with Crippen LogP contribution in [0.5, 0.6) is 0 Å². The van der Waals surface area contributed by atoms with Crippen molar-refractivity contribution < 1.29 is 0 Å². The van der Waals surface area contributed by atoms with Gasteiger partial charge in [0.1, 0.15) is 5.82 Å². The van der Waals surface area contributed by atoms with E-state index in [1.165, 1.54) is 5.56 Å². The minimum absolute atomic E-state index is 0.344. The third-order valence-corrected chi connectivity index (χ3v) is 3.15. The van der Waals surface area contributed by atoms with Crippen LogP contribution in [-0.2, 0) is 0 Å². The molecule has 86 valence electrons. The van der Waals surface area contributed by atoms with E-state index in [-0.39, 0.29) is 0 Å². The van der Waals surface area contributed by atoms with Crippen molar-refractivity contribution in [2.45, 2.75) is 13.0 Å². The van der Waals surface area contributed by atoms with Gasteiger partial charge in [0.2, 0.25) is 0 Å². The standard InChI is InChI=1S/C12H17N3S/c1-8-13-10-5-4-9(6-11(10)14-8)12(7-16)15(2)3/h4-6,12,16H,7H2,1-3H3,(H,13,14). The number of thiol groups is 1. The van der Waals surface area contributed by atoms with Crippen molar-refractivity contribution in [2.24, 2.45) is 0 Å². The number of nitrogens with one attached hydrogen (secondary N) is 1. The summed E-state index contributed by atoms with van der Waals surface area (Å²) in [5.74, 6) is 1.77. The van der Waals surface area contributed by atoms with Gasteiger partial charge in [0.25, 0.3) is 0 Å². The normalized spacial score (nSPS) is 13.6. The molecule has 1 unspecified atom stereocenters. The number of H-pyrrole nitrogens is 1. The molecule has 1 atom stereocenters. The van der Waals surface area contributed by atoms with Crippen molar-refractivity contribution in [3.05, 3.63) is 29.6 Å². The maximum absolute atomic E-state index is 4.40. The molecule has 0 radical (unpaired) electrons. The van der Waals surface area contributed by atoms with Gasteiger partial charge in [-0.3, -0.25) is 0 Å². The van der Waals surface area contributed by atoms with Gasteiger partial charge in [-0.15, -0.1) is 0 Å². The molecular formula is C12H17N3S. The van der Waals surface area contributed by atoms with Crippen LogP contribution in [0, 0.1) is 6.92 Å². The second-order valence-electron chi connectivity index (χ2n) is 4.26. The van der Waals surface area contributed by atoms with Gasteiger partial charge < -0.3 is 9.88 Å². The van der Waals surface area contributed by atoms with Gasteiger partial charge in [0.15, 0.2) is 0 Å². The van der Waals surface area contributed by atoms with E-state index in [9.17, 15) is 0 Å². The van der Waals surface area contributed by atoms with E-state index < -0.39 is 0 Å². The number of fused-ring (bicyclic) bond motifs is 1. The third kappa shape index (κ3) is 2.08. The Morgan fingerprint density at radius 3 is 2.81 bits per heavy atom. The number of hydrogen-bond acceptors (Lipinski definition) is 3. The second-order valence-corrected chi connectivity index (χ2v) is 4.63. The van der Waals surface area contributed by atoms with Gasteiger partial charge in [-0.25, -0.2) is 4.98 Å². The molecule has 2 aromatic rings. The van der Waals surface area contributed by atoms with Crippen LogP contribution in [0.1, 0.15) is 17.4 Å². The first kappa shape index (κ1) is 11.5. The number of rotatable bonds is 3. The molecule has 0 aliphatic rings. The largest absolute Gasteiger partial charge is 0.342 e. The van der Waals surface area contributed by atoms with Gasteiger partial charge in [0.05, 0.1) is 11.0 Å². The van der Waals surface area contributed by atoms with Crippen LogP contribution in [0.4, 0.5) is 0 Å². The van der Waals surface area contributed by atoms with Crippen LogP contribution in [0.15, 0.2) is 18.2 Å². The molecule has 0 amide bonds. The van der Waals surface area contributed by atoms with Crippen molar-refractivity contribution in [1.82, 2.24) is 14.9 Å². The van der Waals surface area contributed by atoms with E-state index in [0.717, 1.165) is 22.6 Å². The summed E-state index contributed by atoms with van der Waals surface area (Å²) in [6, 6.07) is 6.70. The lowest BCUT2D eigenvalue weighted by molar-refractivity contribution is 0.327. The molecule has 2 rings (SSSR count). The molecule has 0 aliphatic heterocycles. The first-order valence-electron chi connectivity index (χ1n) is 5.35. The molecular weight excluding hydrogens is 218 g/mol. The Morgan fingerprint density at radius 1 is 1.44 bits per heavy atom. The summed E-state index contributed by atoms with van der Waals surface area (Å²) in [6.45, 7) is 1.97. The van der Waals surface area contributed by atoms with E-state index in [1.54, 1.807) is 0 Å². The summed E-state index contributed by atoms with van der Waals surface area (Å²) in [6.07, 6.45) is 0. The van der Waals surface area contributed by atoms with Crippen LogP contribution < -0.4 is 0 Å². The fraction of sp³-hybridized carbons (Fsp3) is 0.417. The maximum atomic E-state index is 4.40. The third-order valence-electron chi connectivity index (χ3n) is 2.81. The highest BCUT2D eigenvalue weighted by atomic mass is 32.1. The second kappa shape index (κ2) is 4.47. The van der Waals surface area contributed by atoms with Crippen molar-refractivity contribution in [3.63, 3.8) is 0 Å². The minimum Gasteiger partial charge on any atom is -0.342 e. The lowest BCUT2D eigenvalue weighted by atomic mass is 10.1. The zero-order valence-electron chi connectivity index (χ0n) is 9.86. The van der Waals surface area contributed by atoms with Crippen LogP contribution >= 0.6 is 12.6 Å². The highest BCUT2D eigenvalue weighted by Crippen LogP contribution is 2.23. The Labute approximate surface area is 101 Å². The molecule has 0 aliphatic carbocycles. The minimum atomic E-state index is 0.344. The Balaban J connectivity index is 2.44. The smallest absolute Gasteiger partial charge is 0.104 e. The molecule has 3 nitrogen and oxygen atoms in total. The van der Waals surface area contributed by atoms with Gasteiger partial charge >= 0.3 is 0 Å². The van der Waals surface area contributed by atoms with Gasteiger partial charge in [-0.1, -0.05) is 6.07 Å². The van der Waals surface area contributed by atoms with Gasteiger partial charge in [-0.05, 0) is 38.7 Å². The van der Waals surface area contributed by atoms with E-state index in [1.807, 2.05) is 6.92 Å². The summed E-state index contributed by atoms with van der Waals surface area (Å²) in [4.78, 5) is 9.84. The average molecular weight is 235 g/mol. The lowest BCUT2D eigenvalue weighted by Gasteiger charge is -2.22. The van der Waals surface area contributed by atoms with E-state index in [2.05, 4.69) is 59.8 Å². The molecule has 0 saturated heterocycles. The Hall–Kier alpha value is -1.00. The van der Waals surface area contributed by atoms with Crippen LogP contribution in [0.2, 0.25) is 0 Å². The molecule has 4 heteroatoms. The molecule has 0 spiro atoms. The zero-order valence-corrected chi connectivity index (χ0v) is 10.8. The highest BCUT2D eigenvalue weighted by Gasteiger charge is 2.13. The Morgan fingerprint density at radius 2 is 2.19 bits per heavy atom. The Kier molecular flexibility index (Phi) is 3.21. The fourth-order valence-corrected chi connectivity index (χ4v) is 2.47. The first-order valence-corrected chi connectivity index (χ1v) is 5.98. The quantitative estimate of drug-likeness (QED) is 0.801. The zero-order chi connectivity index (χ0) is 11.7. The maximum Gasteiger partial charge on any atom is 0.104 e. The molecule has 1 aromatic carbocycles. The van der Waals surface area contributed by atoms with Crippen LogP contribution in [0.3, 0.4) is 0 Å². The topological polar surface area (TPSA) is 31.9 Å². The van der Waals surface area contributed by atoms with Gasteiger partial charge in [0, 0.05) is 11.8 Å². The predicted molar refractivity (Wildman–Crippen MR) is 71.1 cm³/mol. The average Bonchev–Trinajstić information content (AvgIpc) is 2.57. The van der Waals surface area contributed by atoms with Crippen LogP contribution in [-0.4, -0.2) is 34.7 Å². The molecule has 0 bridgehead atoms. The van der Waals surface area contributed by atoms with Crippen molar-refractivity contribution in [1.29, 1.82) is 0 Å². The fourth-order valence-electron chi connectivity index (χ4n) is 1.93. The van der Waals surface area contributed by atoms with Crippen LogP contribution in [0.25, 0.3) is 11.0 Å². The number of nitrogens with zero attached hydrogens (tertiary/aromatic N) is 2. The summed E-state index contributed by atoms with van der Waals surface area (Å²) in [5, 5.41) is 0. The molecule has 0 saturated carbocycles. The van der Waals surface area contributed by atoms with E-state index in [0.29, 0.717) is 6.04 Å². The molecule has 1 aromatic heterocycles. The summed E-state index contributed by atoms with van der Waals surface area (Å²) < 4.78 is 0. The van der Waals surface area contributed by atoms with Crippen molar-refractivity contribution >= 4 is 23.7 Å². The first-order chi connectivity index (χ1) is 7.61. The number of imidazole rings is 1. The number of aromatic nitrogens is 2. The Bertz CT molecular complexity index is 490. The molecule has 1 heterocycles. The van der Waals surface area contributed by atoms with Crippen molar-refractivity contribution in [3.8, 4) is 0 Å². The van der Waals surface area contributed by atoms with E-state index in [4.69, 9.17) is 0 Å². The molecule has 0 fully saturated rings. The lowest BCUT2D eigenvalue weighted by Crippen LogP contribution is -2.21. The van der Waals surface area contributed by atoms with Gasteiger partial charge in [-0.2, -0.15) is 12.6 Å². The number of benzene rings is 1. The summed E-state index contributed by atoms with van der Waals surface area (Å²) in [7, 11) is 4.15. The summed E-state index contributed by atoms with van der Waals surface area (Å²) >= 11 is 4.40. The van der Waals surface area contributed by atoms with Crippen molar-refractivity contribution in [2.75, 3.05) is 19.8 Å². The number of aromatic amines is 1. The monoisotopic (exact) mass is 235 g/mol. The SMILES string of the molecule is Cc1nc2ccc(C(CS)N(C)C)cc2[nH]1. The summed E-state index contributed by atoms with van der Waals surface area (Å²) in [5.41, 5.74) is 3.40. The predicted octanol–water partition coefficient (Wildman–Crippen LogP) is 2.40. The van der Waals surface area contributed by atoms with E-state index >= 15 is 0 Å². The highest BCUT2D eigenvalue weighted by molar-refractivity contribution is 7.80. The number of hydrogen-bond donors (Lipinski definition) is 2. The molecule has 16 heavy (non-hydrogen) atoms.